The first kappa shape index (κ1) is 8.58. The van der Waals surface area contributed by atoms with Gasteiger partial charge < -0.3 is 10.2 Å². The van der Waals surface area contributed by atoms with Gasteiger partial charge in [0.15, 0.2) is 0 Å². The van der Waals surface area contributed by atoms with E-state index in [2.05, 4.69) is 11.2 Å². The molecule has 1 N–H and O–H groups in total. The van der Waals surface area contributed by atoms with E-state index in [-0.39, 0.29) is 5.91 Å². The van der Waals surface area contributed by atoms with Gasteiger partial charge in [0.1, 0.15) is 0 Å². The van der Waals surface area contributed by atoms with Gasteiger partial charge in [-0.25, -0.2) is 0 Å². The summed E-state index contributed by atoms with van der Waals surface area (Å²) in [5.74, 6) is 3.43. The van der Waals surface area contributed by atoms with Crippen molar-refractivity contribution in [1.29, 1.82) is 0 Å². The second-order valence-corrected chi connectivity index (χ2v) is 3.86. The molecule has 2 saturated heterocycles. The van der Waals surface area contributed by atoms with E-state index < -0.39 is 0 Å². The van der Waals surface area contributed by atoms with Crippen LogP contribution >= 0.6 is 0 Å². The molecule has 1 amide bonds. The highest BCUT2D eigenvalue weighted by Gasteiger charge is 2.33. The minimum absolute atomic E-state index is 0.148. The van der Waals surface area contributed by atoms with Crippen molar-refractivity contribution in [3.63, 3.8) is 0 Å². The molecule has 0 aliphatic carbocycles. The molecule has 2 atom stereocenters. The molecule has 2 heterocycles. The number of fused-ring (bicyclic) bond motifs is 1. The lowest BCUT2D eigenvalue weighted by molar-refractivity contribution is -0.127. The molecule has 2 unspecified atom stereocenters. The minimum atomic E-state index is -0.148. The monoisotopic (exact) mass is 178 g/mol. The first-order valence-electron chi connectivity index (χ1n) is 4.77. The second-order valence-electron chi connectivity index (χ2n) is 3.86. The number of likely N-dealkylation sites (tertiary alicyclic amines) is 1. The minimum Gasteiger partial charge on any atom is -0.332 e. The lowest BCUT2D eigenvalue weighted by Gasteiger charge is -2.33. The van der Waals surface area contributed by atoms with Crippen LogP contribution in [0.4, 0.5) is 0 Å². The number of terminal acetylenes is 1. The molecule has 0 aromatic rings. The molecular formula is C10H14N2O. The number of carbonyl (C=O) groups excluding carboxylic acids is 1. The first-order chi connectivity index (χ1) is 6.31. The third-order valence-electron chi connectivity index (χ3n) is 3.12. The highest BCUT2D eigenvalue weighted by atomic mass is 16.2. The van der Waals surface area contributed by atoms with Crippen LogP contribution < -0.4 is 5.32 Å². The average molecular weight is 178 g/mol. The fourth-order valence-electron chi connectivity index (χ4n) is 2.31. The zero-order valence-corrected chi connectivity index (χ0v) is 7.62. The lowest BCUT2D eigenvalue weighted by Crippen LogP contribution is -2.42. The maximum atomic E-state index is 11.2. The fourth-order valence-corrected chi connectivity index (χ4v) is 2.31. The van der Waals surface area contributed by atoms with E-state index in [4.69, 9.17) is 6.42 Å². The van der Waals surface area contributed by atoms with Gasteiger partial charge in [-0.15, -0.1) is 6.42 Å². The summed E-state index contributed by atoms with van der Waals surface area (Å²) in [5, 5.41) is 3.35. The van der Waals surface area contributed by atoms with Crippen molar-refractivity contribution < 1.29 is 4.79 Å². The predicted octanol–water partition coefficient (Wildman–Crippen LogP) is -0.312. The van der Waals surface area contributed by atoms with E-state index in [0.29, 0.717) is 5.92 Å². The molecule has 70 valence electrons. The van der Waals surface area contributed by atoms with Crippen LogP contribution in [-0.4, -0.2) is 37.0 Å². The SMILES string of the molecule is C#CC(=O)N1CCC2CNCC2C1. The van der Waals surface area contributed by atoms with Crippen LogP contribution in [-0.2, 0) is 4.79 Å². The number of nitrogens with one attached hydrogen (secondary N) is 1. The summed E-state index contributed by atoms with van der Waals surface area (Å²) < 4.78 is 0. The van der Waals surface area contributed by atoms with Gasteiger partial charge in [0.2, 0.25) is 0 Å². The molecule has 0 radical (unpaired) electrons. The Bertz CT molecular complexity index is 256. The van der Waals surface area contributed by atoms with Gasteiger partial charge in [-0.2, -0.15) is 0 Å². The molecule has 2 fully saturated rings. The number of rotatable bonds is 0. The number of amides is 1. The van der Waals surface area contributed by atoms with Crippen LogP contribution in [0.1, 0.15) is 6.42 Å². The smallest absolute Gasteiger partial charge is 0.298 e. The molecule has 0 saturated carbocycles. The number of hydrogen-bond acceptors (Lipinski definition) is 2. The van der Waals surface area contributed by atoms with Crippen molar-refractivity contribution >= 4 is 5.91 Å². The fraction of sp³-hybridized carbons (Fsp3) is 0.700. The van der Waals surface area contributed by atoms with Gasteiger partial charge in [-0.3, -0.25) is 4.79 Å². The van der Waals surface area contributed by atoms with Crippen molar-refractivity contribution in [2.45, 2.75) is 6.42 Å². The van der Waals surface area contributed by atoms with Gasteiger partial charge in [-0.05, 0) is 37.3 Å². The van der Waals surface area contributed by atoms with Crippen molar-refractivity contribution in [3.8, 4) is 12.3 Å². The maximum absolute atomic E-state index is 11.2. The number of carbonyl (C=O) groups is 1. The van der Waals surface area contributed by atoms with Crippen LogP contribution in [0.3, 0.4) is 0 Å². The van der Waals surface area contributed by atoms with E-state index in [0.717, 1.165) is 38.5 Å². The zero-order chi connectivity index (χ0) is 9.26. The summed E-state index contributed by atoms with van der Waals surface area (Å²) in [7, 11) is 0. The Kier molecular flexibility index (Phi) is 2.24. The number of piperidine rings is 1. The van der Waals surface area contributed by atoms with Crippen LogP contribution in [0.5, 0.6) is 0 Å². The van der Waals surface area contributed by atoms with Crippen molar-refractivity contribution in [2.75, 3.05) is 26.2 Å². The standard InChI is InChI=1S/C10H14N2O/c1-2-10(13)12-4-3-8-5-11-6-9(8)7-12/h1,8-9,11H,3-7H2. The van der Waals surface area contributed by atoms with Crippen LogP contribution in [0, 0.1) is 24.2 Å². The molecule has 13 heavy (non-hydrogen) atoms. The number of hydrogen-bond donors (Lipinski definition) is 1. The van der Waals surface area contributed by atoms with Gasteiger partial charge in [0, 0.05) is 13.1 Å². The van der Waals surface area contributed by atoms with Crippen LogP contribution in [0.15, 0.2) is 0 Å². The summed E-state index contributed by atoms with van der Waals surface area (Å²) >= 11 is 0. The Morgan fingerprint density at radius 3 is 3.00 bits per heavy atom. The summed E-state index contributed by atoms with van der Waals surface area (Å²) in [6.07, 6.45) is 6.19. The average Bonchev–Trinajstić information content (AvgIpc) is 2.63. The molecule has 3 nitrogen and oxygen atoms in total. The van der Waals surface area contributed by atoms with Gasteiger partial charge in [-0.1, -0.05) is 0 Å². The largest absolute Gasteiger partial charge is 0.332 e. The van der Waals surface area contributed by atoms with Crippen LogP contribution in [0.25, 0.3) is 0 Å². The highest BCUT2D eigenvalue weighted by molar-refractivity contribution is 5.92. The Balaban J connectivity index is 1.98. The molecular weight excluding hydrogens is 164 g/mol. The number of nitrogens with zero attached hydrogens (tertiary/aromatic N) is 1. The normalized spacial score (nSPS) is 32.4. The van der Waals surface area contributed by atoms with E-state index in [9.17, 15) is 4.79 Å². The molecule has 2 aliphatic heterocycles. The van der Waals surface area contributed by atoms with E-state index >= 15 is 0 Å². The van der Waals surface area contributed by atoms with Crippen molar-refractivity contribution in [1.82, 2.24) is 10.2 Å². The Morgan fingerprint density at radius 2 is 2.23 bits per heavy atom. The third-order valence-corrected chi connectivity index (χ3v) is 3.12. The third kappa shape index (κ3) is 1.54. The Hall–Kier alpha value is -1.01. The molecule has 0 aromatic heterocycles. The first-order valence-corrected chi connectivity index (χ1v) is 4.77. The Labute approximate surface area is 78.5 Å². The molecule has 0 bridgehead atoms. The molecule has 0 spiro atoms. The summed E-state index contributed by atoms with van der Waals surface area (Å²) in [6, 6.07) is 0. The van der Waals surface area contributed by atoms with Crippen LogP contribution in [0.2, 0.25) is 0 Å². The lowest BCUT2D eigenvalue weighted by atomic mass is 9.89. The van der Waals surface area contributed by atoms with Crippen molar-refractivity contribution in [2.24, 2.45) is 11.8 Å². The Morgan fingerprint density at radius 1 is 1.46 bits per heavy atom. The van der Waals surface area contributed by atoms with E-state index in [1.165, 1.54) is 0 Å². The summed E-state index contributed by atoms with van der Waals surface area (Å²) in [4.78, 5) is 13.0. The van der Waals surface area contributed by atoms with Crippen molar-refractivity contribution in [3.05, 3.63) is 0 Å². The van der Waals surface area contributed by atoms with Gasteiger partial charge in [0.25, 0.3) is 5.91 Å². The zero-order valence-electron chi connectivity index (χ0n) is 7.62. The molecule has 2 aliphatic rings. The topological polar surface area (TPSA) is 32.3 Å². The van der Waals surface area contributed by atoms with Gasteiger partial charge in [0.05, 0.1) is 0 Å². The maximum Gasteiger partial charge on any atom is 0.298 e. The summed E-state index contributed by atoms with van der Waals surface area (Å²) in [6.45, 7) is 3.84. The molecule has 0 aromatic carbocycles. The highest BCUT2D eigenvalue weighted by Crippen LogP contribution is 2.26. The van der Waals surface area contributed by atoms with Gasteiger partial charge >= 0.3 is 0 Å². The molecule has 3 heteroatoms. The summed E-state index contributed by atoms with van der Waals surface area (Å²) in [5.41, 5.74) is 0. The van der Waals surface area contributed by atoms with E-state index in [1.54, 1.807) is 4.90 Å². The second kappa shape index (κ2) is 3.39. The molecule has 2 rings (SSSR count). The predicted molar refractivity (Wildman–Crippen MR) is 49.9 cm³/mol. The van der Waals surface area contributed by atoms with E-state index in [1.807, 2.05) is 0 Å². The quantitative estimate of drug-likeness (QED) is 0.516.